The van der Waals surface area contributed by atoms with Crippen molar-refractivity contribution in [1.29, 1.82) is 0 Å². The molecule has 0 aliphatic heterocycles. The van der Waals surface area contributed by atoms with Gasteiger partial charge in [-0.05, 0) is 121 Å². The first-order chi connectivity index (χ1) is 26.3. The molecule has 0 amide bonds. The van der Waals surface area contributed by atoms with Crippen LogP contribution in [0.15, 0.2) is 224 Å². The molecule has 9 rings (SSSR count). The van der Waals surface area contributed by atoms with Gasteiger partial charge in [0.25, 0.3) is 0 Å². The molecule has 0 fully saturated rings. The van der Waals surface area contributed by atoms with Crippen molar-refractivity contribution in [2.45, 2.75) is 0 Å². The Bertz CT molecular complexity index is 2570. The molecule has 0 heterocycles. The molecule has 9 aromatic carbocycles. The highest BCUT2D eigenvalue weighted by atomic mass is 15.1. The largest absolute Gasteiger partial charge is 0.310 e. The van der Waals surface area contributed by atoms with Gasteiger partial charge in [0.15, 0.2) is 0 Å². The lowest BCUT2D eigenvalue weighted by molar-refractivity contribution is 1.28. The van der Waals surface area contributed by atoms with Crippen LogP contribution in [0.25, 0.3) is 66.4 Å². The molecule has 250 valence electrons. The Morgan fingerprint density at radius 2 is 0.679 bits per heavy atom. The lowest BCUT2D eigenvalue weighted by atomic mass is 9.84. The van der Waals surface area contributed by atoms with Gasteiger partial charge in [-0.2, -0.15) is 0 Å². The van der Waals surface area contributed by atoms with Crippen LogP contribution in [0.4, 0.5) is 17.1 Å². The number of nitrogens with zero attached hydrogens (tertiary/aromatic N) is 1. The summed E-state index contributed by atoms with van der Waals surface area (Å²) >= 11 is 0. The summed E-state index contributed by atoms with van der Waals surface area (Å²) in [5, 5.41) is 2.48. The van der Waals surface area contributed by atoms with Crippen molar-refractivity contribution in [3.05, 3.63) is 224 Å². The first-order valence-electron chi connectivity index (χ1n) is 18.2. The minimum atomic E-state index is 1.10. The fourth-order valence-electron chi connectivity index (χ4n) is 7.44. The minimum Gasteiger partial charge on any atom is -0.310 e. The van der Waals surface area contributed by atoms with Gasteiger partial charge < -0.3 is 4.90 Å². The molecular weight excluding hydrogens is 639 g/mol. The zero-order valence-corrected chi connectivity index (χ0v) is 29.3. The molecule has 53 heavy (non-hydrogen) atoms. The van der Waals surface area contributed by atoms with Crippen molar-refractivity contribution in [1.82, 2.24) is 0 Å². The van der Waals surface area contributed by atoms with Crippen LogP contribution in [0, 0.1) is 0 Å². The van der Waals surface area contributed by atoms with Crippen LogP contribution in [-0.2, 0) is 0 Å². The van der Waals surface area contributed by atoms with Gasteiger partial charge in [0.2, 0.25) is 0 Å². The van der Waals surface area contributed by atoms with E-state index in [0.29, 0.717) is 0 Å². The monoisotopic (exact) mass is 675 g/mol. The van der Waals surface area contributed by atoms with Crippen molar-refractivity contribution in [2.24, 2.45) is 0 Å². The van der Waals surface area contributed by atoms with Gasteiger partial charge in [-0.3, -0.25) is 0 Å². The smallest absolute Gasteiger partial charge is 0.0467 e. The standard InChI is InChI=1S/C52H37N/c1-5-16-38(17-6-1)40-30-32-48(33-31-40)53(47-25-11-4-12-26-47)49-27-15-24-45(35-49)52-50(41-19-7-2-8-20-41)36-46(37-51(52)42-21-9-3-10-22-42)44-29-28-39-18-13-14-23-43(39)34-44/h1-37H. The van der Waals surface area contributed by atoms with Crippen molar-refractivity contribution in [2.75, 3.05) is 4.90 Å². The predicted molar refractivity (Wildman–Crippen MR) is 226 cm³/mol. The fraction of sp³-hybridized carbons (Fsp3) is 0. The molecule has 0 spiro atoms. The van der Waals surface area contributed by atoms with Gasteiger partial charge in [0.1, 0.15) is 0 Å². The molecule has 9 aromatic rings. The lowest BCUT2D eigenvalue weighted by Crippen LogP contribution is -2.10. The predicted octanol–water partition coefficient (Wildman–Crippen LogP) is 14.6. The third-order valence-corrected chi connectivity index (χ3v) is 10.0. The van der Waals surface area contributed by atoms with E-state index in [1.54, 1.807) is 0 Å². The third kappa shape index (κ3) is 6.53. The number of benzene rings is 9. The van der Waals surface area contributed by atoms with Crippen LogP contribution in [-0.4, -0.2) is 0 Å². The fourth-order valence-corrected chi connectivity index (χ4v) is 7.44. The van der Waals surface area contributed by atoms with Gasteiger partial charge in [-0.1, -0.05) is 170 Å². The SMILES string of the molecule is c1ccc(-c2ccc(N(c3ccccc3)c3cccc(-c4c(-c5ccccc5)cc(-c5ccc6ccccc6c5)cc4-c4ccccc4)c3)cc2)cc1. The topological polar surface area (TPSA) is 3.24 Å². The van der Waals surface area contributed by atoms with Crippen LogP contribution >= 0.6 is 0 Å². The van der Waals surface area contributed by atoms with Gasteiger partial charge in [-0.15, -0.1) is 0 Å². The summed E-state index contributed by atoms with van der Waals surface area (Å²) in [6.07, 6.45) is 0. The average Bonchev–Trinajstić information content (AvgIpc) is 3.25. The summed E-state index contributed by atoms with van der Waals surface area (Å²) in [4.78, 5) is 2.35. The highest BCUT2D eigenvalue weighted by Crippen LogP contribution is 2.45. The van der Waals surface area contributed by atoms with Gasteiger partial charge in [-0.25, -0.2) is 0 Å². The molecule has 0 bridgehead atoms. The Hall–Kier alpha value is -6.96. The number of fused-ring (bicyclic) bond motifs is 1. The summed E-state index contributed by atoms with van der Waals surface area (Å²) < 4.78 is 0. The van der Waals surface area contributed by atoms with Gasteiger partial charge in [0.05, 0.1) is 0 Å². The average molecular weight is 676 g/mol. The van der Waals surface area contributed by atoms with Gasteiger partial charge >= 0.3 is 0 Å². The van der Waals surface area contributed by atoms with E-state index in [-0.39, 0.29) is 0 Å². The Morgan fingerprint density at radius 3 is 1.30 bits per heavy atom. The van der Waals surface area contributed by atoms with Crippen molar-refractivity contribution in [3.8, 4) is 55.6 Å². The van der Waals surface area contributed by atoms with Crippen LogP contribution < -0.4 is 4.90 Å². The zero-order chi connectivity index (χ0) is 35.4. The number of para-hydroxylation sites is 1. The summed E-state index contributed by atoms with van der Waals surface area (Å²) in [5.74, 6) is 0. The van der Waals surface area contributed by atoms with Crippen LogP contribution in [0.5, 0.6) is 0 Å². The van der Waals surface area contributed by atoms with Crippen LogP contribution in [0.3, 0.4) is 0 Å². The van der Waals surface area contributed by atoms with E-state index in [9.17, 15) is 0 Å². The Kier molecular flexibility index (Phi) is 8.66. The Balaban J connectivity index is 1.25. The number of anilines is 3. The van der Waals surface area contributed by atoms with E-state index in [1.807, 2.05) is 0 Å². The maximum atomic E-state index is 2.38. The molecule has 0 radical (unpaired) electrons. The second kappa shape index (κ2) is 14.3. The van der Waals surface area contributed by atoms with Crippen molar-refractivity contribution >= 4 is 27.8 Å². The molecule has 0 aromatic heterocycles. The lowest BCUT2D eigenvalue weighted by Gasteiger charge is -2.27. The normalized spacial score (nSPS) is 11.0. The first kappa shape index (κ1) is 32.0. The highest BCUT2D eigenvalue weighted by molar-refractivity contribution is 5.99. The summed E-state index contributed by atoms with van der Waals surface area (Å²) in [6, 6.07) is 80.9. The first-order valence-corrected chi connectivity index (χ1v) is 18.2. The van der Waals surface area contributed by atoms with E-state index >= 15 is 0 Å². The Morgan fingerprint density at radius 1 is 0.226 bits per heavy atom. The third-order valence-electron chi connectivity index (χ3n) is 10.0. The Labute approximate surface area is 311 Å². The maximum Gasteiger partial charge on any atom is 0.0467 e. The summed E-state index contributed by atoms with van der Waals surface area (Å²) in [7, 11) is 0. The molecule has 1 heteroatoms. The molecule has 0 saturated heterocycles. The molecule has 0 aliphatic carbocycles. The number of hydrogen-bond acceptors (Lipinski definition) is 1. The second-order valence-electron chi connectivity index (χ2n) is 13.4. The van der Waals surface area contributed by atoms with Crippen molar-refractivity contribution < 1.29 is 0 Å². The number of rotatable bonds is 8. The molecule has 0 saturated carbocycles. The molecule has 0 aliphatic rings. The number of hydrogen-bond donors (Lipinski definition) is 0. The molecule has 1 nitrogen and oxygen atoms in total. The van der Waals surface area contributed by atoms with E-state index in [4.69, 9.17) is 0 Å². The van der Waals surface area contributed by atoms with Crippen LogP contribution in [0.2, 0.25) is 0 Å². The second-order valence-corrected chi connectivity index (χ2v) is 13.4. The summed E-state index contributed by atoms with van der Waals surface area (Å²) in [6.45, 7) is 0. The van der Waals surface area contributed by atoms with E-state index in [1.165, 1.54) is 60.8 Å². The van der Waals surface area contributed by atoms with Crippen molar-refractivity contribution in [3.63, 3.8) is 0 Å². The molecular formula is C52H37N. The van der Waals surface area contributed by atoms with E-state index in [2.05, 4.69) is 229 Å². The quantitative estimate of drug-likeness (QED) is 0.155. The molecule has 0 unspecified atom stereocenters. The molecule has 0 N–H and O–H groups in total. The highest BCUT2D eigenvalue weighted by Gasteiger charge is 2.20. The maximum absolute atomic E-state index is 2.38. The minimum absolute atomic E-state index is 1.10. The zero-order valence-electron chi connectivity index (χ0n) is 29.3. The van der Waals surface area contributed by atoms with E-state index in [0.717, 1.165) is 22.6 Å². The van der Waals surface area contributed by atoms with E-state index < -0.39 is 0 Å². The molecule has 0 atom stereocenters. The summed E-state index contributed by atoms with van der Waals surface area (Å²) in [5.41, 5.74) is 15.2. The van der Waals surface area contributed by atoms with Gasteiger partial charge in [0, 0.05) is 17.1 Å². The van der Waals surface area contributed by atoms with Crippen LogP contribution in [0.1, 0.15) is 0 Å².